The molecule has 4 rings (SSSR count). The van der Waals surface area contributed by atoms with Crippen molar-refractivity contribution in [1.29, 1.82) is 0 Å². The number of carbonyl (C=O) groups excluding carboxylic acids is 1. The molecule has 0 spiro atoms. The number of benzene rings is 1. The molecule has 0 N–H and O–H groups in total. The molecule has 5 nitrogen and oxygen atoms in total. The van der Waals surface area contributed by atoms with Gasteiger partial charge in [-0.3, -0.25) is 4.79 Å². The second-order valence-electron chi connectivity index (χ2n) is 6.18. The van der Waals surface area contributed by atoms with Gasteiger partial charge in [0, 0.05) is 36.6 Å². The number of hydrogen-bond donors (Lipinski definition) is 0. The fourth-order valence-electron chi connectivity index (χ4n) is 3.15. The molecule has 1 aromatic carbocycles. The van der Waals surface area contributed by atoms with Crippen molar-refractivity contribution < 1.29 is 13.6 Å². The number of piperazine rings is 1. The summed E-state index contributed by atoms with van der Waals surface area (Å²) in [5.74, 6) is -1.38. The molecule has 0 bridgehead atoms. The standard InChI is InChI=1S/C18H16F2N4OS/c1-11-8-13-16(21-10-22-17(13)26-11)23-4-6-24(7-5-23)18(25)12-2-3-14(19)15(20)9-12/h2-3,8-10H,4-7H2,1H3. The van der Waals surface area contributed by atoms with Gasteiger partial charge < -0.3 is 9.80 Å². The van der Waals surface area contributed by atoms with Crippen LogP contribution in [0.1, 0.15) is 15.2 Å². The molecule has 3 aromatic rings. The van der Waals surface area contributed by atoms with Gasteiger partial charge in [0.2, 0.25) is 0 Å². The lowest BCUT2D eigenvalue weighted by Crippen LogP contribution is -2.49. The summed E-state index contributed by atoms with van der Waals surface area (Å²) in [5, 5.41) is 1.02. The van der Waals surface area contributed by atoms with Crippen LogP contribution in [0.25, 0.3) is 10.2 Å². The number of aryl methyl sites for hydroxylation is 1. The Labute approximate surface area is 152 Å². The Hall–Kier alpha value is -2.61. The summed E-state index contributed by atoms with van der Waals surface area (Å²) in [4.78, 5) is 27.2. The van der Waals surface area contributed by atoms with E-state index in [9.17, 15) is 13.6 Å². The number of amides is 1. The fourth-order valence-corrected chi connectivity index (χ4v) is 3.99. The third-order valence-electron chi connectivity index (χ3n) is 4.46. The number of hydrogen-bond acceptors (Lipinski definition) is 5. The predicted molar refractivity (Wildman–Crippen MR) is 96.6 cm³/mol. The highest BCUT2D eigenvalue weighted by Crippen LogP contribution is 2.30. The SMILES string of the molecule is Cc1cc2c(N3CCN(C(=O)c4ccc(F)c(F)c4)CC3)ncnc2s1. The summed E-state index contributed by atoms with van der Waals surface area (Å²) in [6.45, 7) is 4.26. The lowest BCUT2D eigenvalue weighted by atomic mass is 10.1. The number of thiophene rings is 1. The molecule has 3 heterocycles. The molecule has 1 aliphatic heterocycles. The number of nitrogens with zero attached hydrogens (tertiary/aromatic N) is 4. The Kier molecular flexibility index (Phi) is 4.28. The Balaban J connectivity index is 1.50. The van der Waals surface area contributed by atoms with Crippen molar-refractivity contribution >= 4 is 33.3 Å². The van der Waals surface area contributed by atoms with Gasteiger partial charge in [-0.2, -0.15) is 0 Å². The van der Waals surface area contributed by atoms with Crippen LogP contribution in [0, 0.1) is 18.6 Å². The number of rotatable bonds is 2. The van der Waals surface area contributed by atoms with Crippen molar-refractivity contribution in [3.05, 3.63) is 52.7 Å². The number of anilines is 1. The van der Waals surface area contributed by atoms with Gasteiger partial charge in [0.15, 0.2) is 11.6 Å². The van der Waals surface area contributed by atoms with E-state index in [4.69, 9.17) is 0 Å². The monoisotopic (exact) mass is 374 g/mol. The van der Waals surface area contributed by atoms with Gasteiger partial charge in [-0.05, 0) is 31.2 Å². The summed E-state index contributed by atoms with van der Waals surface area (Å²) >= 11 is 1.63. The first kappa shape index (κ1) is 16.8. The molecule has 2 aromatic heterocycles. The van der Waals surface area contributed by atoms with E-state index in [0.717, 1.165) is 28.2 Å². The average molecular weight is 374 g/mol. The van der Waals surface area contributed by atoms with Crippen LogP contribution in [0.4, 0.5) is 14.6 Å². The fraction of sp³-hybridized carbons (Fsp3) is 0.278. The maximum atomic E-state index is 13.4. The van der Waals surface area contributed by atoms with Gasteiger partial charge in [0.25, 0.3) is 5.91 Å². The zero-order chi connectivity index (χ0) is 18.3. The highest BCUT2D eigenvalue weighted by Gasteiger charge is 2.24. The summed E-state index contributed by atoms with van der Waals surface area (Å²) in [6.07, 6.45) is 1.56. The lowest BCUT2D eigenvalue weighted by molar-refractivity contribution is 0.0746. The van der Waals surface area contributed by atoms with Gasteiger partial charge in [-0.25, -0.2) is 18.7 Å². The molecule has 0 aliphatic carbocycles. The van der Waals surface area contributed by atoms with Crippen LogP contribution >= 0.6 is 11.3 Å². The minimum atomic E-state index is -1.01. The van der Waals surface area contributed by atoms with E-state index in [1.165, 1.54) is 10.9 Å². The third-order valence-corrected chi connectivity index (χ3v) is 5.42. The van der Waals surface area contributed by atoms with Gasteiger partial charge in [0.05, 0.1) is 5.39 Å². The molecule has 1 saturated heterocycles. The Morgan fingerprint density at radius 2 is 1.85 bits per heavy atom. The molecule has 0 atom stereocenters. The highest BCUT2D eigenvalue weighted by molar-refractivity contribution is 7.18. The van der Waals surface area contributed by atoms with Crippen LogP contribution in [0.5, 0.6) is 0 Å². The van der Waals surface area contributed by atoms with Crippen molar-refractivity contribution in [1.82, 2.24) is 14.9 Å². The first-order valence-electron chi connectivity index (χ1n) is 8.23. The third kappa shape index (κ3) is 3.01. The molecule has 1 amide bonds. The van der Waals surface area contributed by atoms with Crippen molar-refractivity contribution in [3.63, 3.8) is 0 Å². The molecule has 0 radical (unpaired) electrons. The molecule has 1 fully saturated rings. The van der Waals surface area contributed by atoms with Gasteiger partial charge >= 0.3 is 0 Å². The van der Waals surface area contributed by atoms with Crippen molar-refractivity contribution in [3.8, 4) is 0 Å². The molecular weight excluding hydrogens is 358 g/mol. The quantitative estimate of drug-likeness (QED) is 0.691. The van der Waals surface area contributed by atoms with Crippen molar-refractivity contribution in [2.75, 3.05) is 31.1 Å². The van der Waals surface area contributed by atoms with E-state index in [1.54, 1.807) is 22.6 Å². The Bertz CT molecular complexity index is 982. The van der Waals surface area contributed by atoms with E-state index in [-0.39, 0.29) is 11.5 Å². The van der Waals surface area contributed by atoms with Crippen LogP contribution in [0.3, 0.4) is 0 Å². The van der Waals surface area contributed by atoms with E-state index in [0.29, 0.717) is 26.2 Å². The molecule has 0 saturated carbocycles. The molecular formula is C18H16F2N4OS. The normalized spacial score (nSPS) is 14.9. The first-order valence-corrected chi connectivity index (χ1v) is 9.05. The largest absolute Gasteiger partial charge is 0.352 e. The molecule has 8 heteroatoms. The van der Waals surface area contributed by atoms with Gasteiger partial charge in [-0.1, -0.05) is 0 Å². The van der Waals surface area contributed by atoms with Crippen LogP contribution in [0.15, 0.2) is 30.6 Å². The zero-order valence-electron chi connectivity index (χ0n) is 14.1. The van der Waals surface area contributed by atoms with Crippen LogP contribution in [-0.4, -0.2) is 47.0 Å². The van der Waals surface area contributed by atoms with E-state index >= 15 is 0 Å². The molecule has 0 unspecified atom stereocenters. The van der Waals surface area contributed by atoms with E-state index in [2.05, 4.69) is 20.9 Å². The summed E-state index contributed by atoms with van der Waals surface area (Å²) < 4.78 is 26.4. The maximum absolute atomic E-state index is 13.4. The molecule has 1 aliphatic rings. The summed E-state index contributed by atoms with van der Waals surface area (Å²) in [6, 6.07) is 5.32. The topological polar surface area (TPSA) is 49.3 Å². The highest BCUT2D eigenvalue weighted by atomic mass is 32.1. The molecule has 26 heavy (non-hydrogen) atoms. The van der Waals surface area contributed by atoms with Crippen molar-refractivity contribution in [2.45, 2.75) is 6.92 Å². The smallest absolute Gasteiger partial charge is 0.254 e. The first-order chi connectivity index (χ1) is 12.5. The maximum Gasteiger partial charge on any atom is 0.254 e. The average Bonchev–Trinajstić information content (AvgIpc) is 3.03. The van der Waals surface area contributed by atoms with E-state index < -0.39 is 11.6 Å². The second kappa shape index (κ2) is 6.60. The zero-order valence-corrected chi connectivity index (χ0v) is 14.9. The van der Waals surface area contributed by atoms with Gasteiger partial charge in [0.1, 0.15) is 17.0 Å². The van der Waals surface area contributed by atoms with Crippen LogP contribution < -0.4 is 4.90 Å². The number of carbonyl (C=O) groups is 1. The van der Waals surface area contributed by atoms with Gasteiger partial charge in [-0.15, -0.1) is 11.3 Å². The minimum Gasteiger partial charge on any atom is -0.352 e. The number of fused-ring (bicyclic) bond motifs is 1. The summed E-state index contributed by atoms with van der Waals surface area (Å²) in [5.41, 5.74) is 0.162. The predicted octanol–water partition coefficient (Wildman–Crippen LogP) is 3.24. The van der Waals surface area contributed by atoms with Crippen molar-refractivity contribution in [2.24, 2.45) is 0 Å². The molecule has 134 valence electrons. The number of aromatic nitrogens is 2. The minimum absolute atomic E-state index is 0.162. The Morgan fingerprint density at radius 3 is 2.58 bits per heavy atom. The Morgan fingerprint density at radius 1 is 1.08 bits per heavy atom. The lowest BCUT2D eigenvalue weighted by Gasteiger charge is -2.35. The summed E-state index contributed by atoms with van der Waals surface area (Å²) in [7, 11) is 0. The second-order valence-corrected chi connectivity index (χ2v) is 7.42. The number of halogens is 2. The van der Waals surface area contributed by atoms with Crippen LogP contribution in [-0.2, 0) is 0 Å². The van der Waals surface area contributed by atoms with E-state index in [1.807, 2.05) is 6.92 Å². The van der Waals surface area contributed by atoms with Crippen LogP contribution in [0.2, 0.25) is 0 Å².